The van der Waals surface area contributed by atoms with Gasteiger partial charge in [-0.3, -0.25) is 14.4 Å². The van der Waals surface area contributed by atoms with Crippen LogP contribution in [0.5, 0.6) is 0 Å². The highest BCUT2D eigenvalue weighted by Crippen LogP contribution is 2.26. The molecule has 0 saturated carbocycles. The van der Waals surface area contributed by atoms with Crippen molar-refractivity contribution in [2.75, 3.05) is 26.7 Å². The van der Waals surface area contributed by atoms with Crippen molar-refractivity contribution in [2.45, 2.75) is 52.2 Å². The zero-order valence-electron chi connectivity index (χ0n) is 22.1. The number of amides is 3. The molecular formula is C27H33ClN6O3S. The van der Waals surface area contributed by atoms with Crippen LogP contribution < -0.4 is 10.6 Å². The number of benzene rings is 1. The summed E-state index contributed by atoms with van der Waals surface area (Å²) in [5.41, 5.74) is 1.66. The van der Waals surface area contributed by atoms with E-state index in [0.29, 0.717) is 35.2 Å². The highest BCUT2D eigenvalue weighted by Gasteiger charge is 2.37. The number of aromatic amines is 1. The molecule has 2 unspecified atom stereocenters. The Labute approximate surface area is 230 Å². The third kappa shape index (κ3) is 5.57. The lowest BCUT2D eigenvalue weighted by atomic mass is 9.91. The maximum absolute atomic E-state index is 13.3. The zero-order valence-corrected chi connectivity index (χ0v) is 23.6. The molecule has 1 aromatic carbocycles. The monoisotopic (exact) mass is 556 g/mol. The molecule has 5 rings (SSSR count). The number of thiazole rings is 1. The third-order valence-corrected chi connectivity index (χ3v) is 8.43. The molecule has 3 amide bonds. The molecule has 0 bridgehead atoms. The van der Waals surface area contributed by atoms with Gasteiger partial charge in [-0.2, -0.15) is 0 Å². The number of hydrogen-bond donors (Lipinski definition) is 3. The lowest BCUT2D eigenvalue weighted by Crippen LogP contribution is -2.62. The summed E-state index contributed by atoms with van der Waals surface area (Å²) in [5.74, 6) is -0.534. The third-order valence-electron chi connectivity index (χ3n) is 7.12. The molecule has 9 nitrogen and oxygen atoms in total. The van der Waals surface area contributed by atoms with E-state index in [1.807, 2.05) is 26.8 Å². The van der Waals surface area contributed by atoms with Crippen LogP contribution in [0.15, 0.2) is 24.3 Å². The molecule has 0 radical (unpaired) electrons. The minimum atomic E-state index is -0.545. The molecule has 11 heteroatoms. The van der Waals surface area contributed by atoms with Gasteiger partial charge in [-0.1, -0.05) is 32.4 Å². The number of halogens is 1. The maximum Gasteiger partial charge on any atom is 0.280 e. The molecule has 1 saturated heterocycles. The quantitative estimate of drug-likeness (QED) is 0.456. The number of carbonyl (C=O) groups is 3. The molecule has 2 aliphatic rings. The van der Waals surface area contributed by atoms with Crippen LogP contribution in [0, 0.1) is 5.41 Å². The number of hydrogen-bond acceptors (Lipinski definition) is 6. The number of carbonyl (C=O) groups excluding carboxylic acids is 3. The van der Waals surface area contributed by atoms with Crippen LogP contribution >= 0.6 is 22.9 Å². The number of H-pyrrole nitrogens is 1. The average Bonchev–Trinajstić information content (AvgIpc) is 3.47. The summed E-state index contributed by atoms with van der Waals surface area (Å²) >= 11 is 7.51. The van der Waals surface area contributed by atoms with E-state index in [1.54, 1.807) is 23.1 Å². The largest absolute Gasteiger partial charge is 0.351 e. The fourth-order valence-corrected chi connectivity index (χ4v) is 6.32. The first kappa shape index (κ1) is 26.6. The van der Waals surface area contributed by atoms with Crippen LogP contribution in [0.1, 0.15) is 58.1 Å². The first-order valence-corrected chi connectivity index (χ1v) is 14.0. The van der Waals surface area contributed by atoms with E-state index in [-0.39, 0.29) is 23.8 Å². The first-order valence-electron chi connectivity index (χ1n) is 12.8. The summed E-state index contributed by atoms with van der Waals surface area (Å²) < 4.78 is 0. The number of likely N-dealkylation sites (N-methyl/N-ethyl adjacent to an activating group) is 1. The predicted molar refractivity (Wildman–Crippen MR) is 149 cm³/mol. The van der Waals surface area contributed by atoms with E-state index in [4.69, 9.17) is 11.6 Å². The van der Waals surface area contributed by atoms with Gasteiger partial charge in [0.25, 0.3) is 11.8 Å². The van der Waals surface area contributed by atoms with Crippen LogP contribution in [-0.2, 0) is 17.8 Å². The van der Waals surface area contributed by atoms with Crippen molar-refractivity contribution >= 4 is 51.6 Å². The number of likely N-dealkylation sites (tertiary alicyclic amines) is 1. The second-order valence-electron chi connectivity index (χ2n) is 11.2. The molecule has 2 atom stereocenters. The molecule has 202 valence electrons. The van der Waals surface area contributed by atoms with Crippen LogP contribution in [0.2, 0.25) is 5.02 Å². The normalized spacial score (nSPS) is 20.3. The van der Waals surface area contributed by atoms with E-state index in [9.17, 15) is 14.4 Å². The van der Waals surface area contributed by atoms with Crippen molar-refractivity contribution in [1.82, 2.24) is 30.4 Å². The highest BCUT2D eigenvalue weighted by molar-refractivity contribution is 7.13. The van der Waals surface area contributed by atoms with E-state index >= 15 is 0 Å². The summed E-state index contributed by atoms with van der Waals surface area (Å²) in [7, 11) is 2.06. The first-order chi connectivity index (χ1) is 18.0. The lowest BCUT2D eigenvalue weighted by Gasteiger charge is -2.41. The van der Waals surface area contributed by atoms with Gasteiger partial charge in [0.05, 0.1) is 17.8 Å². The van der Waals surface area contributed by atoms with Gasteiger partial charge >= 0.3 is 0 Å². The maximum atomic E-state index is 13.3. The fourth-order valence-electron chi connectivity index (χ4n) is 5.05. The summed E-state index contributed by atoms with van der Waals surface area (Å²) in [5, 5.41) is 8.04. The number of aromatic nitrogens is 2. The van der Waals surface area contributed by atoms with Crippen molar-refractivity contribution in [1.29, 1.82) is 0 Å². The van der Waals surface area contributed by atoms with Crippen molar-refractivity contribution in [3.05, 3.63) is 50.6 Å². The van der Waals surface area contributed by atoms with Crippen LogP contribution in [0.3, 0.4) is 0 Å². The number of nitrogens with one attached hydrogen (secondary N) is 3. The topological polar surface area (TPSA) is 110 Å². The van der Waals surface area contributed by atoms with E-state index < -0.39 is 11.5 Å². The Balaban J connectivity index is 1.35. The average molecular weight is 557 g/mol. The minimum Gasteiger partial charge on any atom is -0.351 e. The number of nitrogens with zero attached hydrogens (tertiary/aromatic N) is 3. The van der Waals surface area contributed by atoms with E-state index in [1.165, 1.54) is 11.3 Å². The van der Waals surface area contributed by atoms with Gasteiger partial charge in [0, 0.05) is 58.8 Å². The molecule has 4 heterocycles. The van der Waals surface area contributed by atoms with Gasteiger partial charge in [0.2, 0.25) is 5.91 Å². The molecule has 2 aliphatic heterocycles. The molecule has 3 aromatic rings. The highest BCUT2D eigenvalue weighted by atomic mass is 35.5. The Hall–Kier alpha value is -2.95. The SMILES string of the molecule is CN1CCc2nc(C(=O)NC3CN(C(=O)C(C)(C)C)CCC3NC(=O)c3cc4cc(Cl)ccc4[nH]3)sc2C1. The van der Waals surface area contributed by atoms with Crippen molar-refractivity contribution in [3.8, 4) is 0 Å². The molecule has 0 spiro atoms. The lowest BCUT2D eigenvalue weighted by molar-refractivity contribution is -0.141. The molecule has 3 N–H and O–H groups in total. The van der Waals surface area contributed by atoms with Gasteiger partial charge in [-0.25, -0.2) is 4.98 Å². The zero-order chi connectivity index (χ0) is 27.2. The Kier molecular flexibility index (Phi) is 7.23. The molecule has 0 aliphatic carbocycles. The van der Waals surface area contributed by atoms with Crippen molar-refractivity contribution in [2.24, 2.45) is 5.41 Å². The Morgan fingerprint density at radius 2 is 1.87 bits per heavy atom. The second-order valence-corrected chi connectivity index (χ2v) is 12.8. The van der Waals surface area contributed by atoms with Gasteiger partial charge in [0.1, 0.15) is 5.69 Å². The smallest absolute Gasteiger partial charge is 0.280 e. The Morgan fingerprint density at radius 1 is 1.11 bits per heavy atom. The molecule has 1 fully saturated rings. The Morgan fingerprint density at radius 3 is 2.63 bits per heavy atom. The van der Waals surface area contributed by atoms with Gasteiger partial charge in [-0.15, -0.1) is 11.3 Å². The summed E-state index contributed by atoms with van der Waals surface area (Å²) in [6.07, 6.45) is 1.34. The number of fused-ring (bicyclic) bond motifs is 2. The van der Waals surface area contributed by atoms with E-state index in [0.717, 1.165) is 41.0 Å². The second kappa shape index (κ2) is 10.3. The van der Waals surface area contributed by atoms with Gasteiger partial charge in [0.15, 0.2) is 5.01 Å². The number of rotatable bonds is 4. The standard InChI is InChI=1S/C27H33ClN6O3S/c1-27(2,3)26(37)34-10-8-18(30-23(35)20-12-15-11-16(28)5-6-17(15)29-20)21(13-34)31-24(36)25-32-19-7-9-33(4)14-22(19)38-25/h5-6,11-12,18,21,29H,7-10,13-14H2,1-4H3,(H,30,35)(H,31,36). The van der Waals surface area contributed by atoms with Crippen LogP contribution in [0.4, 0.5) is 0 Å². The van der Waals surface area contributed by atoms with Crippen LogP contribution in [0.25, 0.3) is 10.9 Å². The van der Waals surface area contributed by atoms with Crippen molar-refractivity contribution < 1.29 is 14.4 Å². The molecule has 2 aromatic heterocycles. The molecular weight excluding hydrogens is 524 g/mol. The predicted octanol–water partition coefficient (Wildman–Crippen LogP) is 3.44. The number of piperidine rings is 1. The molecule has 38 heavy (non-hydrogen) atoms. The Bertz CT molecular complexity index is 1390. The fraction of sp³-hybridized carbons (Fsp3) is 0.481. The minimum absolute atomic E-state index is 0.0155. The van der Waals surface area contributed by atoms with E-state index in [2.05, 4.69) is 32.5 Å². The summed E-state index contributed by atoms with van der Waals surface area (Å²) in [6.45, 7) is 8.16. The summed E-state index contributed by atoms with van der Waals surface area (Å²) in [6, 6.07) is 6.35. The summed E-state index contributed by atoms with van der Waals surface area (Å²) in [4.78, 5) is 52.4. The van der Waals surface area contributed by atoms with Gasteiger partial charge < -0.3 is 25.4 Å². The van der Waals surface area contributed by atoms with Crippen molar-refractivity contribution in [3.63, 3.8) is 0 Å². The van der Waals surface area contributed by atoms with Gasteiger partial charge in [-0.05, 0) is 37.7 Å². The van der Waals surface area contributed by atoms with Crippen LogP contribution in [-0.4, -0.2) is 76.3 Å².